The summed E-state index contributed by atoms with van der Waals surface area (Å²) < 4.78 is 2.54. The minimum absolute atomic E-state index is 0.861. The molecule has 1 nitrogen and oxygen atoms in total. The first-order valence-corrected chi connectivity index (χ1v) is 6.46. The molecule has 0 atom stereocenters. The van der Waals surface area contributed by atoms with Crippen LogP contribution in [0.15, 0.2) is 0 Å². The Morgan fingerprint density at radius 2 is 2.08 bits per heavy atom. The quantitative estimate of drug-likeness (QED) is 0.543. The summed E-state index contributed by atoms with van der Waals surface area (Å²) in [5.41, 5.74) is 0. The second-order valence-electron chi connectivity index (χ2n) is 3.23. The monoisotopic (exact) mass is 205 g/mol. The first-order valence-electron chi connectivity index (χ1n) is 4.89. The van der Waals surface area contributed by atoms with Crippen molar-refractivity contribution in [1.29, 1.82) is 0 Å². The molecule has 0 aromatic rings. The van der Waals surface area contributed by atoms with Crippen molar-refractivity contribution in [2.45, 2.75) is 38.6 Å². The third-order valence-corrected chi connectivity index (χ3v) is 4.19. The Balaban J connectivity index is 2.22. The van der Waals surface area contributed by atoms with E-state index in [4.69, 9.17) is 0 Å². The van der Waals surface area contributed by atoms with Gasteiger partial charge in [-0.15, -0.1) is 0 Å². The van der Waals surface area contributed by atoms with Crippen LogP contribution in [0, 0.1) is 0 Å². The molecular formula is C9H19NS2. The fraction of sp³-hybridized carbons (Fsp3) is 1.00. The molecule has 0 aromatic heterocycles. The highest BCUT2D eigenvalue weighted by Crippen LogP contribution is 2.27. The molecule has 1 saturated carbocycles. The second kappa shape index (κ2) is 6.17. The van der Waals surface area contributed by atoms with Crippen molar-refractivity contribution in [1.82, 2.24) is 4.31 Å². The highest BCUT2D eigenvalue weighted by atomic mass is 32.2. The van der Waals surface area contributed by atoms with Gasteiger partial charge in [0.2, 0.25) is 0 Å². The van der Waals surface area contributed by atoms with Crippen LogP contribution in [-0.4, -0.2) is 28.4 Å². The molecule has 0 unspecified atom stereocenters. The molecule has 0 aliphatic heterocycles. The number of hydrogen-bond acceptors (Lipinski definition) is 3. The minimum atomic E-state index is 0.861. The highest BCUT2D eigenvalue weighted by molar-refractivity contribution is 7.97. The summed E-state index contributed by atoms with van der Waals surface area (Å²) in [4.78, 5) is 0. The zero-order valence-corrected chi connectivity index (χ0v) is 9.54. The van der Waals surface area contributed by atoms with Gasteiger partial charge in [-0.3, -0.25) is 0 Å². The molecule has 0 spiro atoms. The van der Waals surface area contributed by atoms with Gasteiger partial charge in [-0.1, -0.05) is 31.7 Å². The van der Waals surface area contributed by atoms with Gasteiger partial charge in [0, 0.05) is 24.1 Å². The van der Waals surface area contributed by atoms with Crippen molar-refractivity contribution >= 4 is 24.6 Å². The van der Waals surface area contributed by atoms with Gasteiger partial charge >= 0.3 is 0 Å². The molecule has 0 radical (unpaired) electrons. The van der Waals surface area contributed by atoms with E-state index in [0.29, 0.717) is 0 Å². The number of hydrogen-bond donors (Lipinski definition) is 1. The Morgan fingerprint density at radius 3 is 2.58 bits per heavy atom. The van der Waals surface area contributed by atoms with E-state index in [1.807, 2.05) is 11.9 Å². The Labute approximate surface area is 85.8 Å². The zero-order valence-electron chi connectivity index (χ0n) is 7.83. The van der Waals surface area contributed by atoms with E-state index in [-0.39, 0.29) is 0 Å². The van der Waals surface area contributed by atoms with Crippen LogP contribution in [0.25, 0.3) is 0 Å². The Hall–Kier alpha value is 0.660. The van der Waals surface area contributed by atoms with Crippen molar-refractivity contribution in [3.05, 3.63) is 0 Å². The molecule has 0 aromatic carbocycles. The molecule has 1 fully saturated rings. The molecule has 0 heterocycles. The minimum Gasteiger partial charge on any atom is -0.248 e. The number of nitrogens with zero attached hydrogens (tertiary/aromatic N) is 1. The SMILES string of the molecule is CCN(SCCS)C1CCCC1. The van der Waals surface area contributed by atoms with Gasteiger partial charge in [0.1, 0.15) is 0 Å². The van der Waals surface area contributed by atoms with Gasteiger partial charge in [-0.05, 0) is 12.8 Å². The molecule has 0 N–H and O–H groups in total. The Bertz CT molecular complexity index is 113. The van der Waals surface area contributed by atoms with E-state index < -0.39 is 0 Å². The first kappa shape index (κ1) is 10.7. The summed E-state index contributed by atoms with van der Waals surface area (Å²) in [6.07, 6.45) is 5.69. The molecule has 0 bridgehead atoms. The summed E-state index contributed by atoms with van der Waals surface area (Å²) in [6.45, 7) is 3.44. The van der Waals surface area contributed by atoms with Gasteiger partial charge in [-0.25, -0.2) is 4.31 Å². The number of rotatable bonds is 5. The first-order chi connectivity index (χ1) is 5.88. The molecule has 1 aliphatic carbocycles. The summed E-state index contributed by atoms with van der Waals surface area (Å²) in [7, 11) is 0. The fourth-order valence-corrected chi connectivity index (χ4v) is 2.97. The molecule has 3 heteroatoms. The van der Waals surface area contributed by atoms with Crippen LogP contribution in [0.5, 0.6) is 0 Å². The van der Waals surface area contributed by atoms with Crippen LogP contribution >= 0.6 is 24.6 Å². The van der Waals surface area contributed by atoms with Gasteiger partial charge in [-0.2, -0.15) is 12.6 Å². The van der Waals surface area contributed by atoms with Crippen molar-refractivity contribution in [2.24, 2.45) is 0 Å². The van der Waals surface area contributed by atoms with Crippen LogP contribution in [0.1, 0.15) is 32.6 Å². The molecule has 1 rings (SSSR count). The van der Waals surface area contributed by atoms with Gasteiger partial charge in [0.25, 0.3) is 0 Å². The van der Waals surface area contributed by atoms with Crippen LogP contribution in [0.4, 0.5) is 0 Å². The smallest absolute Gasteiger partial charge is 0.0202 e. The molecular weight excluding hydrogens is 186 g/mol. The maximum atomic E-state index is 4.23. The van der Waals surface area contributed by atoms with Gasteiger partial charge in [0.15, 0.2) is 0 Å². The third-order valence-electron chi connectivity index (χ3n) is 2.39. The second-order valence-corrected chi connectivity index (χ2v) is 4.81. The van der Waals surface area contributed by atoms with Crippen molar-refractivity contribution < 1.29 is 0 Å². The average molecular weight is 205 g/mol. The van der Waals surface area contributed by atoms with Gasteiger partial charge in [0.05, 0.1) is 0 Å². The van der Waals surface area contributed by atoms with E-state index in [9.17, 15) is 0 Å². The van der Waals surface area contributed by atoms with Gasteiger partial charge < -0.3 is 0 Å². The predicted molar refractivity (Wildman–Crippen MR) is 60.9 cm³/mol. The van der Waals surface area contributed by atoms with Crippen molar-refractivity contribution in [3.63, 3.8) is 0 Å². The number of thiol groups is 1. The summed E-state index contributed by atoms with van der Waals surface area (Å²) in [6, 6.07) is 0.861. The molecule has 12 heavy (non-hydrogen) atoms. The van der Waals surface area contributed by atoms with E-state index in [1.54, 1.807) is 0 Å². The lowest BCUT2D eigenvalue weighted by Gasteiger charge is -2.25. The Kier molecular flexibility index (Phi) is 5.52. The highest BCUT2D eigenvalue weighted by Gasteiger charge is 2.21. The van der Waals surface area contributed by atoms with Crippen molar-refractivity contribution in [2.75, 3.05) is 18.1 Å². The van der Waals surface area contributed by atoms with E-state index in [1.165, 1.54) is 32.2 Å². The molecule has 72 valence electrons. The molecule has 0 saturated heterocycles. The van der Waals surface area contributed by atoms with Crippen LogP contribution in [0.3, 0.4) is 0 Å². The van der Waals surface area contributed by atoms with E-state index >= 15 is 0 Å². The summed E-state index contributed by atoms with van der Waals surface area (Å²) in [5.74, 6) is 2.15. The maximum absolute atomic E-state index is 4.23. The fourth-order valence-electron chi connectivity index (χ4n) is 1.81. The van der Waals surface area contributed by atoms with E-state index in [0.717, 1.165) is 17.5 Å². The van der Waals surface area contributed by atoms with Crippen LogP contribution in [0.2, 0.25) is 0 Å². The largest absolute Gasteiger partial charge is 0.248 e. The average Bonchev–Trinajstić information content (AvgIpc) is 2.59. The predicted octanol–water partition coefficient (Wildman–Crippen LogP) is 2.83. The lowest BCUT2D eigenvalue weighted by atomic mass is 10.2. The van der Waals surface area contributed by atoms with Crippen molar-refractivity contribution in [3.8, 4) is 0 Å². The van der Waals surface area contributed by atoms with E-state index in [2.05, 4.69) is 23.9 Å². The lowest BCUT2D eigenvalue weighted by Crippen LogP contribution is -2.27. The normalized spacial score (nSPS) is 19.2. The zero-order chi connectivity index (χ0) is 8.81. The maximum Gasteiger partial charge on any atom is 0.0202 e. The summed E-state index contributed by atoms with van der Waals surface area (Å²) in [5, 5.41) is 0. The van der Waals surface area contributed by atoms with Crippen LogP contribution < -0.4 is 0 Å². The Morgan fingerprint density at radius 1 is 1.42 bits per heavy atom. The standard InChI is InChI=1S/C9H19NS2/c1-2-10(12-8-7-11)9-5-3-4-6-9/h9,11H,2-8H2,1H3. The molecule has 0 amide bonds. The summed E-state index contributed by atoms with van der Waals surface area (Å²) >= 11 is 6.20. The van der Waals surface area contributed by atoms with Crippen LogP contribution in [-0.2, 0) is 0 Å². The topological polar surface area (TPSA) is 3.24 Å². The third kappa shape index (κ3) is 3.19. The lowest BCUT2D eigenvalue weighted by molar-refractivity contribution is 0.372. The molecule has 1 aliphatic rings.